The maximum Gasteiger partial charge on any atom is 0.337 e. The molecule has 3 rings (SSSR count). The average molecular weight is 491 g/mol. The van der Waals surface area contributed by atoms with Gasteiger partial charge < -0.3 is 15.0 Å². The molecule has 0 saturated carbocycles. The normalized spacial score (nSPS) is 11.7. The highest BCUT2D eigenvalue weighted by Gasteiger charge is 2.22. The lowest BCUT2D eigenvalue weighted by Crippen LogP contribution is -2.22. The molecule has 3 N–H and O–H groups in total. The quantitative estimate of drug-likeness (QED) is 0.449. The fourth-order valence-electron chi connectivity index (χ4n) is 3.28. The van der Waals surface area contributed by atoms with Crippen molar-refractivity contribution in [3.05, 3.63) is 59.3 Å². The molecule has 1 heterocycles. The Hall–Kier alpha value is -3.89. The third-order valence-electron chi connectivity index (χ3n) is 4.55. The maximum absolute atomic E-state index is 12.9. The molecule has 0 aliphatic rings. The van der Waals surface area contributed by atoms with E-state index in [4.69, 9.17) is 5.26 Å². The number of aromatic carboxylic acids is 1. The highest BCUT2D eigenvalue weighted by molar-refractivity contribution is 8.08. The number of nitrogens with zero attached hydrogens (tertiary/aromatic N) is 2. The van der Waals surface area contributed by atoms with Crippen LogP contribution in [0, 0.1) is 11.3 Å². The van der Waals surface area contributed by atoms with Gasteiger partial charge in [-0.3, -0.25) is 9.52 Å². The summed E-state index contributed by atoms with van der Waals surface area (Å²) in [6.45, 7) is 0. The van der Waals surface area contributed by atoms with Crippen molar-refractivity contribution in [2.75, 3.05) is 21.4 Å². The van der Waals surface area contributed by atoms with Crippen molar-refractivity contribution < 1.29 is 31.5 Å². The Bertz CT molecular complexity index is 1550. The minimum absolute atomic E-state index is 0.0224. The number of hydrogen-bond acceptors (Lipinski definition) is 7. The molecular formula is C20H18N4O7S2. The molecule has 0 bridgehead atoms. The monoisotopic (exact) mass is 490 g/mol. The SMILES string of the molecule is Cn1c(C(=O)Nc2ccc(C#N)cc2C(=O)O)cc2cccc(NS(=O)(=O)CS(C)(=O)=O)c21. The highest BCUT2D eigenvalue weighted by Crippen LogP contribution is 2.28. The first-order chi connectivity index (χ1) is 15.3. The molecule has 13 heteroatoms. The zero-order valence-electron chi connectivity index (χ0n) is 17.4. The van der Waals surface area contributed by atoms with E-state index in [1.807, 2.05) is 6.07 Å². The minimum Gasteiger partial charge on any atom is -0.478 e. The van der Waals surface area contributed by atoms with Crippen molar-refractivity contribution in [2.24, 2.45) is 7.05 Å². The van der Waals surface area contributed by atoms with Crippen molar-refractivity contribution in [2.45, 2.75) is 0 Å². The van der Waals surface area contributed by atoms with Gasteiger partial charge in [0.25, 0.3) is 5.91 Å². The molecule has 2 aromatic carbocycles. The number of sulfonamides is 1. The Labute approximate surface area is 189 Å². The van der Waals surface area contributed by atoms with Crippen molar-refractivity contribution in [3.63, 3.8) is 0 Å². The summed E-state index contributed by atoms with van der Waals surface area (Å²) >= 11 is 0. The van der Waals surface area contributed by atoms with Crippen LogP contribution in [0.15, 0.2) is 42.5 Å². The fourth-order valence-corrected chi connectivity index (χ4v) is 6.27. The molecule has 0 unspecified atom stereocenters. The van der Waals surface area contributed by atoms with Gasteiger partial charge in [0.15, 0.2) is 14.9 Å². The third-order valence-corrected chi connectivity index (χ3v) is 8.04. The number of para-hydroxylation sites is 1. The highest BCUT2D eigenvalue weighted by atomic mass is 32.3. The molecule has 0 spiro atoms. The summed E-state index contributed by atoms with van der Waals surface area (Å²) in [5, 5.41) is 20.2. The van der Waals surface area contributed by atoms with Gasteiger partial charge in [-0.25, -0.2) is 21.6 Å². The van der Waals surface area contributed by atoms with Crippen LogP contribution in [0.2, 0.25) is 0 Å². The van der Waals surface area contributed by atoms with Gasteiger partial charge in [0.1, 0.15) is 5.69 Å². The topological polar surface area (TPSA) is 175 Å². The number of carbonyl (C=O) groups is 2. The van der Waals surface area contributed by atoms with E-state index < -0.39 is 36.8 Å². The lowest BCUT2D eigenvalue weighted by Gasteiger charge is -2.12. The Morgan fingerprint density at radius 2 is 1.79 bits per heavy atom. The predicted molar refractivity (Wildman–Crippen MR) is 121 cm³/mol. The largest absolute Gasteiger partial charge is 0.478 e. The van der Waals surface area contributed by atoms with Gasteiger partial charge in [0.05, 0.1) is 34.1 Å². The Morgan fingerprint density at radius 1 is 1.09 bits per heavy atom. The van der Waals surface area contributed by atoms with Crippen LogP contribution in [0.5, 0.6) is 0 Å². The molecule has 1 amide bonds. The summed E-state index contributed by atoms with van der Waals surface area (Å²) in [6, 6.07) is 11.7. The number of sulfone groups is 1. The maximum atomic E-state index is 12.9. The Morgan fingerprint density at radius 3 is 2.39 bits per heavy atom. The third kappa shape index (κ3) is 5.30. The number of amides is 1. The Kier molecular flexibility index (Phi) is 6.17. The minimum atomic E-state index is -4.23. The van der Waals surface area contributed by atoms with Gasteiger partial charge in [-0.05, 0) is 30.3 Å². The number of nitriles is 1. The average Bonchev–Trinajstić information content (AvgIpc) is 3.03. The zero-order valence-corrected chi connectivity index (χ0v) is 19.0. The number of rotatable bonds is 7. The standard InChI is InChI=1S/C20H18N4O7S2/c1-24-17(19(25)22-15-7-6-12(10-21)8-14(15)20(26)27)9-13-4-3-5-16(18(13)24)23-33(30,31)11-32(2,28)29/h3-9,23H,11H2,1-2H3,(H,22,25)(H,26,27). The van der Waals surface area contributed by atoms with E-state index >= 15 is 0 Å². The molecule has 0 saturated heterocycles. The van der Waals surface area contributed by atoms with Crippen LogP contribution < -0.4 is 10.0 Å². The van der Waals surface area contributed by atoms with Gasteiger partial charge in [-0.15, -0.1) is 0 Å². The summed E-state index contributed by atoms with van der Waals surface area (Å²) in [6.07, 6.45) is 0.798. The van der Waals surface area contributed by atoms with Crippen molar-refractivity contribution in [1.82, 2.24) is 4.57 Å². The number of nitrogens with one attached hydrogen (secondary N) is 2. The predicted octanol–water partition coefficient (Wildman–Crippen LogP) is 1.74. The molecule has 3 aromatic rings. The zero-order chi connectivity index (χ0) is 24.6. The van der Waals surface area contributed by atoms with Crippen LogP contribution in [0.3, 0.4) is 0 Å². The van der Waals surface area contributed by atoms with Crippen molar-refractivity contribution in [1.29, 1.82) is 5.26 Å². The molecule has 0 aliphatic heterocycles. The molecule has 172 valence electrons. The van der Waals surface area contributed by atoms with Crippen LogP contribution in [0.1, 0.15) is 26.4 Å². The molecule has 33 heavy (non-hydrogen) atoms. The molecule has 11 nitrogen and oxygen atoms in total. The van der Waals surface area contributed by atoms with E-state index in [1.165, 1.54) is 41.9 Å². The first-order valence-corrected chi connectivity index (χ1v) is 12.9. The number of fused-ring (bicyclic) bond motifs is 1. The van der Waals surface area contributed by atoms with E-state index in [1.54, 1.807) is 6.07 Å². The molecular weight excluding hydrogens is 472 g/mol. The Balaban J connectivity index is 2.00. The molecule has 1 aromatic heterocycles. The first-order valence-electron chi connectivity index (χ1n) is 9.17. The smallest absolute Gasteiger partial charge is 0.337 e. The fraction of sp³-hybridized carbons (Fsp3) is 0.150. The lowest BCUT2D eigenvalue weighted by atomic mass is 10.1. The van der Waals surface area contributed by atoms with E-state index in [-0.39, 0.29) is 28.2 Å². The molecule has 0 atom stereocenters. The number of carboxylic acids is 1. The number of aromatic nitrogens is 1. The van der Waals surface area contributed by atoms with Gasteiger partial charge in [-0.2, -0.15) is 5.26 Å². The van der Waals surface area contributed by atoms with Gasteiger partial charge in [-0.1, -0.05) is 12.1 Å². The summed E-state index contributed by atoms with van der Waals surface area (Å²) in [4.78, 5) is 24.4. The lowest BCUT2D eigenvalue weighted by molar-refractivity contribution is 0.0698. The van der Waals surface area contributed by atoms with Crippen LogP contribution in [-0.4, -0.2) is 49.7 Å². The van der Waals surface area contributed by atoms with E-state index in [9.17, 15) is 31.5 Å². The second-order valence-electron chi connectivity index (χ2n) is 7.22. The van der Waals surface area contributed by atoms with Crippen molar-refractivity contribution in [3.8, 4) is 6.07 Å². The summed E-state index contributed by atoms with van der Waals surface area (Å²) in [5.41, 5.74) is 0.294. The second-order valence-corrected chi connectivity index (χ2v) is 11.5. The number of carboxylic acid groups (broad SMARTS) is 1. The van der Waals surface area contributed by atoms with Crippen LogP contribution >= 0.6 is 0 Å². The van der Waals surface area contributed by atoms with E-state index in [0.717, 1.165) is 12.3 Å². The van der Waals surface area contributed by atoms with E-state index in [2.05, 4.69) is 10.0 Å². The molecule has 0 aliphatic carbocycles. The van der Waals surface area contributed by atoms with Crippen LogP contribution in [0.4, 0.5) is 11.4 Å². The van der Waals surface area contributed by atoms with Gasteiger partial charge >= 0.3 is 5.97 Å². The molecule has 0 radical (unpaired) electrons. The summed E-state index contributed by atoms with van der Waals surface area (Å²) in [7, 11) is -6.54. The first kappa shape index (κ1) is 23.8. The number of hydrogen-bond donors (Lipinski definition) is 3. The van der Waals surface area contributed by atoms with Crippen LogP contribution in [-0.2, 0) is 26.9 Å². The number of anilines is 2. The summed E-state index contributed by atoms with van der Waals surface area (Å²) < 4.78 is 50.9. The number of carbonyl (C=O) groups excluding carboxylic acids is 1. The van der Waals surface area contributed by atoms with Crippen molar-refractivity contribution >= 4 is 54.0 Å². The number of benzene rings is 2. The second kappa shape index (κ2) is 8.57. The molecule has 0 fully saturated rings. The summed E-state index contributed by atoms with van der Waals surface area (Å²) in [5.74, 6) is -2.01. The van der Waals surface area contributed by atoms with Gasteiger partial charge in [0.2, 0.25) is 10.0 Å². The van der Waals surface area contributed by atoms with Gasteiger partial charge in [0, 0.05) is 18.7 Å². The number of aryl methyl sites for hydroxylation is 1. The van der Waals surface area contributed by atoms with Crippen LogP contribution in [0.25, 0.3) is 10.9 Å². The van der Waals surface area contributed by atoms with E-state index in [0.29, 0.717) is 10.9 Å².